The molecule has 1 N–H and O–H groups in total. The molecule has 0 saturated carbocycles. The average molecular weight is 297 g/mol. The zero-order valence-electron chi connectivity index (χ0n) is 12.5. The molecule has 112 valence electrons. The Bertz CT molecular complexity index is 454. The Labute approximate surface area is 124 Å². The number of anilines is 1. The molecule has 1 aromatic rings. The minimum Gasteiger partial charge on any atom is -0.383 e. The molecule has 5 nitrogen and oxygen atoms in total. The van der Waals surface area contributed by atoms with Gasteiger partial charge in [-0.1, -0.05) is 13.0 Å². The second kappa shape index (κ2) is 8.11. The van der Waals surface area contributed by atoms with Gasteiger partial charge in [0.25, 0.3) is 5.69 Å². The fourth-order valence-corrected chi connectivity index (χ4v) is 3.08. The topological polar surface area (TPSA) is 58.4 Å². The molecule has 20 heavy (non-hydrogen) atoms. The maximum Gasteiger partial charge on any atom is 0.292 e. The van der Waals surface area contributed by atoms with E-state index in [0.717, 1.165) is 24.3 Å². The molecule has 0 heterocycles. The van der Waals surface area contributed by atoms with Crippen LogP contribution in [0.25, 0.3) is 0 Å². The summed E-state index contributed by atoms with van der Waals surface area (Å²) in [5, 5.41) is 13.8. The van der Waals surface area contributed by atoms with Gasteiger partial charge in [0.15, 0.2) is 0 Å². The minimum atomic E-state index is -0.359. The molecule has 0 aromatic heterocycles. The fraction of sp³-hybridized carbons (Fsp3) is 0.571. The Morgan fingerprint density at radius 1 is 1.50 bits per heavy atom. The van der Waals surface area contributed by atoms with Crippen LogP contribution in [0.2, 0.25) is 0 Å². The van der Waals surface area contributed by atoms with Crippen LogP contribution in [0.4, 0.5) is 11.4 Å². The molecule has 1 rings (SSSR count). The van der Waals surface area contributed by atoms with E-state index in [9.17, 15) is 10.1 Å². The number of nitro benzene ring substituents is 1. The maximum atomic E-state index is 10.9. The van der Waals surface area contributed by atoms with Gasteiger partial charge >= 0.3 is 0 Å². The largest absolute Gasteiger partial charge is 0.383 e. The van der Waals surface area contributed by atoms with E-state index in [1.165, 1.54) is 0 Å². The number of nitrogens with zero attached hydrogens (tertiary/aromatic N) is 2. The average Bonchev–Trinajstić information content (AvgIpc) is 2.44. The Morgan fingerprint density at radius 2 is 2.20 bits per heavy atom. The molecule has 1 atom stereocenters. The first-order chi connectivity index (χ1) is 9.53. The van der Waals surface area contributed by atoms with Crippen LogP contribution in [-0.4, -0.2) is 42.0 Å². The number of hydrogen-bond acceptors (Lipinski definition) is 5. The van der Waals surface area contributed by atoms with Crippen LogP contribution in [0.1, 0.15) is 18.9 Å². The standard InChI is InChI=1S/C14H23N3O2S/c1-5-12(10-20-4)16(3)9-11-6-7-14(17(18)19)13(8-11)15-2/h6-8,12,15H,5,9-10H2,1-4H3. The van der Waals surface area contributed by atoms with Crippen LogP contribution in [-0.2, 0) is 6.54 Å². The molecule has 0 saturated heterocycles. The van der Waals surface area contributed by atoms with Crippen molar-refractivity contribution >= 4 is 23.1 Å². The molecule has 0 aliphatic carbocycles. The monoisotopic (exact) mass is 297 g/mol. The quantitative estimate of drug-likeness (QED) is 0.590. The van der Waals surface area contributed by atoms with Crippen molar-refractivity contribution in [3.05, 3.63) is 33.9 Å². The lowest BCUT2D eigenvalue weighted by molar-refractivity contribution is -0.384. The van der Waals surface area contributed by atoms with Gasteiger partial charge in [0, 0.05) is 31.5 Å². The molecule has 0 aliphatic heterocycles. The minimum absolute atomic E-state index is 0.120. The van der Waals surface area contributed by atoms with Gasteiger partial charge in [-0.2, -0.15) is 11.8 Å². The third kappa shape index (κ3) is 4.38. The number of nitro groups is 1. The molecule has 0 bridgehead atoms. The van der Waals surface area contributed by atoms with Crippen LogP contribution in [0.5, 0.6) is 0 Å². The lowest BCUT2D eigenvalue weighted by Crippen LogP contribution is -2.32. The van der Waals surface area contributed by atoms with Gasteiger partial charge in [0.2, 0.25) is 0 Å². The van der Waals surface area contributed by atoms with Crippen molar-refractivity contribution in [3.8, 4) is 0 Å². The molecule has 0 amide bonds. The summed E-state index contributed by atoms with van der Waals surface area (Å²) < 4.78 is 0. The number of rotatable bonds is 8. The summed E-state index contributed by atoms with van der Waals surface area (Å²) in [6, 6.07) is 5.80. The summed E-state index contributed by atoms with van der Waals surface area (Å²) in [6.45, 7) is 2.98. The van der Waals surface area contributed by atoms with Gasteiger partial charge in [-0.05, 0) is 31.4 Å². The Kier molecular flexibility index (Phi) is 6.81. The summed E-state index contributed by atoms with van der Waals surface area (Å²) in [5.41, 5.74) is 1.77. The van der Waals surface area contributed by atoms with Crippen molar-refractivity contribution in [2.75, 3.05) is 31.4 Å². The third-order valence-corrected chi connectivity index (χ3v) is 4.13. The van der Waals surface area contributed by atoms with Crippen molar-refractivity contribution in [2.24, 2.45) is 0 Å². The van der Waals surface area contributed by atoms with E-state index in [4.69, 9.17) is 0 Å². The zero-order chi connectivity index (χ0) is 15.1. The van der Waals surface area contributed by atoms with Crippen molar-refractivity contribution < 1.29 is 4.92 Å². The molecule has 0 spiro atoms. The van der Waals surface area contributed by atoms with Crippen molar-refractivity contribution in [3.63, 3.8) is 0 Å². The molecule has 0 radical (unpaired) electrons. The predicted molar refractivity (Wildman–Crippen MR) is 86.6 cm³/mol. The normalized spacial score (nSPS) is 12.4. The lowest BCUT2D eigenvalue weighted by Gasteiger charge is -2.26. The highest BCUT2D eigenvalue weighted by molar-refractivity contribution is 7.98. The summed E-state index contributed by atoms with van der Waals surface area (Å²) in [5.74, 6) is 1.10. The second-order valence-corrected chi connectivity index (χ2v) is 5.70. The van der Waals surface area contributed by atoms with Gasteiger partial charge in [-0.15, -0.1) is 0 Å². The first-order valence-corrected chi connectivity index (χ1v) is 8.07. The fourth-order valence-electron chi connectivity index (χ4n) is 2.21. The van der Waals surface area contributed by atoms with Crippen LogP contribution in [0.3, 0.4) is 0 Å². The highest BCUT2D eigenvalue weighted by atomic mass is 32.2. The number of thioether (sulfide) groups is 1. The van der Waals surface area contributed by atoms with Crippen molar-refractivity contribution in [1.29, 1.82) is 0 Å². The van der Waals surface area contributed by atoms with Crippen LogP contribution in [0, 0.1) is 10.1 Å². The van der Waals surface area contributed by atoms with Crippen LogP contribution >= 0.6 is 11.8 Å². The third-order valence-electron chi connectivity index (χ3n) is 3.41. The van der Waals surface area contributed by atoms with Gasteiger partial charge in [-0.25, -0.2) is 0 Å². The smallest absolute Gasteiger partial charge is 0.292 e. The first-order valence-electron chi connectivity index (χ1n) is 6.67. The van der Waals surface area contributed by atoms with E-state index in [0.29, 0.717) is 11.7 Å². The predicted octanol–water partition coefficient (Wildman–Crippen LogP) is 3.21. The number of hydrogen-bond donors (Lipinski definition) is 1. The second-order valence-electron chi connectivity index (χ2n) is 4.79. The van der Waals surface area contributed by atoms with Crippen molar-refractivity contribution in [2.45, 2.75) is 25.9 Å². The lowest BCUT2D eigenvalue weighted by atomic mass is 10.1. The molecule has 6 heteroatoms. The van der Waals surface area contributed by atoms with E-state index in [1.54, 1.807) is 13.1 Å². The zero-order valence-corrected chi connectivity index (χ0v) is 13.4. The van der Waals surface area contributed by atoms with E-state index < -0.39 is 0 Å². The van der Waals surface area contributed by atoms with E-state index in [-0.39, 0.29) is 10.6 Å². The Balaban J connectivity index is 2.85. The van der Waals surface area contributed by atoms with Crippen LogP contribution < -0.4 is 5.32 Å². The summed E-state index contributed by atoms with van der Waals surface area (Å²) in [4.78, 5) is 12.8. The van der Waals surface area contributed by atoms with Gasteiger partial charge in [0.1, 0.15) is 5.69 Å². The van der Waals surface area contributed by atoms with E-state index in [1.807, 2.05) is 23.9 Å². The molecule has 1 aromatic carbocycles. The maximum absolute atomic E-state index is 10.9. The van der Waals surface area contributed by atoms with Crippen LogP contribution in [0.15, 0.2) is 18.2 Å². The first kappa shape index (κ1) is 16.8. The summed E-state index contributed by atoms with van der Waals surface area (Å²) in [7, 11) is 3.81. The van der Waals surface area contributed by atoms with Crippen molar-refractivity contribution in [1.82, 2.24) is 4.90 Å². The Morgan fingerprint density at radius 3 is 2.70 bits per heavy atom. The SMILES string of the molecule is CCC(CSC)N(C)Cc1ccc([N+](=O)[O-])c(NC)c1. The Hall–Kier alpha value is -1.27. The van der Waals surface area contributed by atoms with Gasteiger partial charge in [-0.3, -0.25) is 15.0 Å². The summed E-state index contributed by atoms with van der Waals surface area (Å²) in [6.07, 6.45) is 3.21. The molecule has 1 unspecified atom stereocenters. The molecular formula is C14H23N3O2S. The number of benzene rings is 1. The highest BCUT2D eigenvalue weighted by Crippen LogP contribution is 2.25. The number of nitrogens with one attached hydrogen (secondary N) is 1. The van der Waals surface area contributed by atoms with E-state index >= 15 is 0 Å². The van der Waals surface area contributed by atoms with E-state index in [2.05, 4.69) is 30.4 Å². The highest BCUT2D eigenvalue weighted by Gasteiger charge is 2.16. The molecular weight excluding hydrogens is 274 g/mol. The van der Waals surface area contributed by atoms with Gasteiger partial charge < -0.3 is 5.32 Å². The summed E-state index contributed by atoms with van der Waals surface area (Å²) >= 11 is 1.84. The molecule has 0 fully saturated rings. The van der Waals surface area contributed by atoms with Gasteiger partial charge in [0.05, 0.1) is 4.92 Å². The molecule has 0 aliphatic rings.